The number of halogens is 3. The number of benzene rings is 2. The maximum absolute atomic E-state index is 14.2. The van der Waals surface area contributed by atoms with Gasteiger partial charge in [0.2, 0.25) is 0 Å². The maximum atomic E-state index is 14.2. The van der Waals surface area contributed by atoms with Crippen molar-refractivity contribution in [2.75, 3.05) is 27.3 Å². The number of ether oxygens (including phenoxy) is 2. The van der Waals surface area contributed by atoms with Gasteiger partial charge in [0.1, 0.15) is 5.75 Å². The molecular formula is C28H27F3N4O4. The third-order valence-corrected chi connectivity index (χ3v) is 7.17. The normalized spacial score (nSPS) is 20.3. The number of carbonyl (C=O) groups is 2. The van der Waals surface area contributed by atoms with E-state index in [2.05, 4.69) is 4.98 Å². The second kappa shape index (κ2) is 10.5. The van der Waals surface area contributed by atoms with E-state index >= 15 is 0 Å². The molecule has 1 aromatic heterocycles. The Morgan fingerprint density at radius 2 is 1.85 bits per heavy atom. The van der Waals surface area contributed by atoms with E-state index in [9.17, 15) is 22.8 Å². The molecule has 2 atom stereocenters. The summed E-state index contributed by atoms with van der Waals surface area (Å²) >= 11 is 0. The molecule has 0 unspecified atom stereocenters. The van der Waals surface area contributed by atoms with Crippen molar-refractivity contribution >= 4 is 18.1 Å². The lowest BCUT2D eigenvalue weighted by atomic mass is 9.89. The highest BCUT2D eigenvalue weighted by atomic mass is 19.2. The predicted molar refractivity (Wildman–Crippen MR) is 136 cm³/mol. The standard InChI is InChI=1S/C28H27F3N4O4/c1-16-12-34(15-32-16)23-7-4-17(9-25(23)38-2)8-18-5-6-20-13-33(28(37)39-3)14-24(35(20)27(18)36)19-10-21(29)26(31)22(30)11-19/h4,7-12,15,20,24H,5-6,13-14H2,1-3H3/b18-8+/t20-,24+/m1/s1. The van der Waals surface area contributed by atoms with E-state index in [0.29, 0.717) is 24.2 Å². The molecule has 2 aliphatic heterocycles. The van der Waals surface area contributed by atoms with Crippen LogP contribution < -0.4 is 4.74 Å². The topological polar surface area (TPSA) is 76.9 Å². The van der Waals surface area contributed by atoms with Crippen LogP contribution in [0.5, 0.6) is 5.75 Å². The lowest BCUT2D eigenvalue weighted by Gasteiger charge is -2.49. The fourth-order valence-electron chi connectivity index (χ4n) is 5.30. The number of amides is 2. The number of piperazine rings is 1. The van der Waals surface area contributed by atoms with Crippen LogP contribution in [0.25, 0.3) is 11.8 Å². The van der Waals surface area contributed by atoms with Crippen LogP contribution in [0.2, 0.25) is 0 Å². The molecule has 2 saturated heterocycles. The summed E-state index contributed by atoms with van der Waals surface area (Å²) in [6, 6.07) is 5.96. The molecule has 0 spiro atoms. The molecule has 5 rings (SSSR count). The quantitative estimate of drug-likeness (QED) is 0.351. The summed E-state index contributed by atoms with van der Waals surface area (Å²) in [6.45, 7) is 2.04. The number of rotatable bonds is 4. The number of carbonyl (C=O) groups excluding carboxylic acids is 2. The SMILES string of the molecule is COC(=O)N1C[C@H]2CC/C(=C\c3ccc(-n4cnc(C)c4)c(OC)c3)C(=O)N2[C@H](c2cc(F)c(F)c(F)c2)C1. The average molecular weight is 541 g/mol. The first-order valence-corrected chi connectivity index (χ1v) is 12.4. The molecule has 2 fully saturated rings. The van der Waals surface area contributed by atoms with E-state index in [1.807, 2.05) is 35.9 Å². The number of methoxy groups -OCH3 is 2. The summed E-state index contributed by atoms with van der Waals surface area (Å²) in [5, 5.41) is 0. The molecule has 0 aliphatic carbocycles. The van der Waals surface area contributed by atoms with Gasteiger partial charge in [-0.2, -0.15) is 0 Å². The third kappa shape index (κ3) is 4.96. The number of aryl methyl sites for hydroxylation is 1. The van der Waals surface area contributed by atoms with Crippen molar-refractivity contribution < 1.29 is 32.2 Å². The van der Waals surface area contributed by atoms with Crippen molar-refractivity contribution in [3.05, 3.63) is 82.7 Å². The van der Waals surface area contributed by atoms with Gasteiger partial charge in [-0.15, -0.1) is 0 Å². The molecule has 2 aromatic carbocycles. The Bertz CT molecular complexity index is 1450. The van der Waals surface area contributed by atoms with Gasteiger partial charge >= 0.3 is 6.09 Å². The van der Waals surface area contributed by atoms with E-state index in [-0.39, 0.29) is 24.6 Å². The zero-order chi connectivity index (χ0) is 27.8. The molecule has 2 aliphatic rings. The summed E-state index contributed by atoms with van der Waals surface area (Å²) in [6.07, 6.45) is 5.65. The number of imidazole rings is 1. The highest BCUT2D eigenvalue weighted by Crippen LogP contribution is 2.38. The lowest BCUT2D eigenvalue weighted by Crippen LogP contribution is -2.59. The Morgan fingerprint density at radius 3 is 2.49 bits per heavy atom. The Hall–Kier alpha value is -4.28. The number of hydrogen-bond acceptors (Lipinski definition) is 5. The summed E-state index contributed by atoms with van der Waals surface area (Å²) in [5.41, 5.74) is 2.93. The van der Waals surface area contributed by atoms with Crippen LogP contribution in [-0.4, -0.2) is 64.7 Å². The van der Waals surface area contributed by atoms with E-state index in [1.54, 1.807) is 24.4 Å². The molecule has 11 heteroatoms. The van der Waals surface area contributed by atoms with Gasteiger partial charge in [0.15, 0.2) is 17.5 Å². The van der Waals surface area contributed by atoms with E-state index in [4.69, 9.17) is 9.47 Å². The van der Waals surface area contributed by atoms with Crippen LogP contribution in [0.1, 0.15) is 35.7 Å². The zero-order valence-corrected chi connectivity index (χ0v) is 21.7. The van der Waals surface area contributed by atoms with Gasteiger partial charge in [-0.25, -0.2) is 22.9 Å². The van der Waals surface area contributed by atoms with Crippen LogP contribution in [0.15, 0.2) is 48.4 Å². The van der Waals surface area contributed by atoms with Crippen molar-refractivity contribution in [3.8, 4) is 11.4 Å². The predicted octanol–water partition coefficient (Wildman–Crippen LogP) is 4.80. The van der Waals surface area contributed by atoms with Crippen molar-refractivity contribution in [3.63, 3.8) is 0 Å². The molecule has 39 heavy (non-hydrogen) atoms. The summed E-state index contributed by atoms with van der Waals surface area (Å²) < 4.78 is 54.3. The van der Waals surface area contributed by atoms with Crippen molar-refractivity contribution in [1.29, 1.82) is 0 Å². The third-order valence-electron chi connectivity index (χ3n) is 7.17. The fourth-order valence-corrected chi connectivity index (χ4v) is 5.30. The van der Waals surface area contributed by atoms with Gasteiger partial charge in [-0.1, -0.05) is 6.07 Å². The van der Waals surface area contributed by atoms with Crippen LogP contribution in [-0.2, 0) is 9.53 Å². The monoisotopic (exact) mass is 540 g/mol. The molecule has 3 heterocycles. The molecule has 0 bridgehead atoms. The van der Waals surface area contributed by atoms with Crippen LogP contribution in [0.3, 0.4) is 0 Å². The van der Waals surface area contributed by atoms with Gasteiger partial charge in [0.05, 0.1) is 44.0 Å². The smallest absolute Gasteiger partial charge is 0.409 e. The minimum Gasteiger partial charge on any atom is -0.495 e. The zero-order valence-electron chi connectivity index (χ0n) is 21.7. The van der Waals surface area contributed by atoms with Gasteiger partial charge in [0.25, 0.3) is 5.91 Å². The molecule has 0 saturated carbocycles. The molecular weight excluding hydrogens is 513 g/mol. The maximum Gasteiger partial charge on any atom is 0.409 e. The number of piperidine rings is 1. The lowest BCUT2D eigenvalue weighted by molar-refractivity contribution is -0.138. The van der Waals surface area contributed by atoms with Crippen LogP contribution in [0.4, 0.5) is 18.0 Å². The Morgan fingerprint density at radius 1 is 1.10 bits per heavy atom. The van der Waals surface area contributed by atoms with Gasteiger partial charge in [0, 0.05) is 24.9 Å². The molecule has 2 amide bonds. The summed E-state index contributed by atoms with van der Waals surface area (Å²) in [5.74, 6) is -4.05. The highest BCUT2D eigenvalue weighted by Gasteiger charge is 2.44. The van der Waals surface area contributed by atoms with Crippen molar-refractivity contribution in [1.82, 2.24) is 19.4 Å². The summed E-state index contributed by atoms with van der Waals surface area (Å²) in [7, 11) is 2.80. The number of fused-ring (bicyclic) bond motifs is 1. The minimum atomic E-state index is -1.59. The van der Waals surface area contributed by atoms with Crippen LogP contribution >= 0.6 is 0 Å². The highest BCUT2D eigenvalue weighted by molar-refractivity contribution is 5.99. The second-order valence-corrected chi connectivity index (χ2v) is 9.62. The first-order chi connectivity index (χ1) is 18.7. The molecule has 0 radical (unpaired) electrons. The van der Waals surface area contributed by atoms with Crippen molar-refractivity contribution in [2.45, 2.75) is 31.8 Å². The summed E-state index contributed by atoms with van der Waals surface area (Å²) in [4.78, 5) is 33.3. The average Bonchev–Trinajstić information content (AvgIpc) is 3.37. The molecule has 204 valence electrons. The van der Waals surface area contributed by atoms with E-state index in [1.165, 1.54) is 12.0 Å². The largest absolute Gasteiger partial charge is 0.495 e. The minimum absolute atomic E-state index is 0.0560. The van der Waals surface area contributed by atoms with Gasteiger partial charge in [-0.05, 0) is 61.2 Å². The Labute approximate surface area is 223 Å². The fraction of sp³-hybridized carbons (Fsp3) is 0.321. The Balaban J connectivity index is 1.49. The first kappa shape index (κ1) is 26.3. The van der Waals surface area contributed by atoms with E-state index in [0.717, 1.165) is 29.1 Å². The Kier molecular flexibility index (Phi) is 7.07. The number of hydrogen-bond donors (Lipinski definition) is 0. The first-order valence-electron chi connectivity index (χ1n) is 12.4. The number of aromatic nitrogens is 2. The van der Waals surface area contributed by atoms with Gasteiger partial charge < -0.3 is 23.8 Å². The van der Waals surface area contributed by atoms with Crippen molar-refractivity contribution in [2.24, 2.45) is 0 Å². The molecule has 8 nitrogen and oxygen atoms in total. The second-order valence-electron chi connectivity index (χ2n) is 9.62. The molecule has 3 aromatic rings. The number of nitrogens with zero attached hydrogens (tertiary/aromatic N) is 4. The molecule has 0 N–H and O–H groups in total. The van der Waals surface area contributed by atoms with Gasteiger partial charge in [-0.3, -0.25) is 4.79 Å². The van der Waals surface area contributed by atoms with E-state index < -0.39 is 35.6 Å². The van der Waals surface area contributed by atoms with Crippen LogP contribution in [0, 0.1) is 24.4 Å².